The SMILES string of the molecule is CCCCCCCCCCC[CH2][Sn][c]1c(F)c(F)c(F)c(F)c1SOOO. The molecule has 0 saturated heterocycles. The van der Waals surface area contributed by atoms with E-state index in [2.05, 4.69) is 16.3 Å². The summed E-state index contributed by atoms with van der Waals surface area (Å²) in [6.45, 7) is 2.19. The first-order valence-corrected chi connectivity index (χ1v) is 13.5. The van der Waals surface area contributed by atoms with Crippen molar-refractivity contribution in [3.63, 3.8) is 0 Å². The van der Waals surface area contributed by atoms with E-state index in [-0.39, 0.29) is 15.6 Å². The van der Waals surface area contributed by atoms with Gasteiger partial charge in [-0.2, -0.15) is 0 Å². The van der Waals surface area contributed by atoms with E-state index < -0.39 is 49.3 Å². The minimum absolute atomic E-state index is 0.142. The van der Waals surface area contributed by atoms with Crippen LogP contribution in [-0.2, 0) is 9.37 Å². The molecule has 1 aromatic rings. The van der Waals surface area contributed by atoms with Crippen molar-refractivity contribution >= 4 is 36.8 Å². The molecule has 27 heavy (non-hydrogen) atoms. The minimum atomic E-state index is -1.89. The molecule has 0 amide bonds. The molecule has 0 spiro atoms. The number of rotatable bonds is 15. The van der Waals surface area contributed by atoms with Crippen LogP contribution in [0.1, 0.15) is 71.1 Å². The molecule has 0 aromatic heterocycles. The van der Waals surface area contributed by atoms with Crippen LogP contribution in [0.2, 0.25) is 4.44 Å². The zero-order valence-electron chi connectivity index (χ0n) is 15.5. The molecule has 1 N–H and O–H groups in total. The number of hydrogen-bond donors (Lipinski definition) is 1. The second-order valence-electron chi connectivity index (χ2n) is 6.29. The molecule has 0 aliphatic heterocycles. The first kappa shape index (κ1) is 25.0. The van der Waals surface area contributed by atoms with Gasteiger partial charge in [0.15, 0.2) is 0 Å². The van der Waals surface area contributed by atoms with Crippen LogP contribution in [0.25, 0.3) is 0 Å². The van der Waals surface area contributed by atoms with E-state index in [1.165, 1.54) is 38.5 Å². The molecule has 0 atom stereocenters. The van der Waals surface area contributed by atoms with Crippen molar-refractivity contribution in [1.29, 1.82) is 0 Å². The number of hydrogen-bond acceptors (Lipinski definition) is 4. The van der Waals surface area contributed by atoms with Crippen molar-refractivity contribution < 1.29 is 32.2 Å². The van der Waals surface area contributed by atoms with Gasteiger partial charge in [0.1, 0.15) is 0 Å². The van der Waals surface area contributed by atoms with Crippen LogP contribution in [0.5, 0.6) is 0 Å². The Kier molecular flexibility index (Phi) is 13.8. The first-order valence-electron chi connectivity index (χ1n) is 9.29. The summed E-state index contributed by atoms with van der Waals surface area (Å²) in [5.41, 5.74) is 0. The van der Waals surface area contributed by atoms with Gasteiger partial charge in [0, 0.05) is 0 Å². The summed E-state index contributed by atoms with van der Waals surface area (Å²) in [5, 5.41) is 11.5. The average Bonchev–Trinajstić information content (AvgIpc) is 2.67. The Hall–Kier alpha value is -0.0313. The topological polar surface area (TPSA) is 38.7 Å². The number of halogens is 4. The van der Waals surface area contributed by atoms with Gasteiger partial charge in [-0.1, -0.05) is 0 Å². The second kappa shape index (κ2) is 14.9. The Morgan fingerprint density at radius 3 is 1.85 bits per heavy atom. The van der Waals surface area contributed by atoms with Gasteiger partial charge in [0.25, 0.3) is 0 Å². The Morgan fingerprint density at radius 2 is 1.30 bits per heavy atom. The molecule has 0 saturated carbocycles. The zero-order chi connectivity index (χ0) is 20.1. The molecule has 154 valence electrons. The van der Waals surface area contributed by atoms with Crippen molar-refractivity contribution in [2.75, 3.05) is 0 Å². The fraction of sp³-hybridized carbons (Fsp3) is 0.667. The maximum absolute atomic E-state index is 14.0. The Labute approximate surface area is 172 Å². The Morgan fingerprint density at radius 1 is 0.778 bits per heavy atom. The van der Waals surface area contributed by atoms with Gasteiger partial charge < -0.3 is 0 Å². The molecule has 9 heteroatoms. The van der Waals surface area contributed by atoms with Crippen LogP contribution in [0.4, 0.5) is 17.6 Å². The maximum atomic E-state index is 14.0. The van der Waals surface area contributed by atoms with Gasteiger partial charge in [-0.3, -0.25) is 0 Å². The van der Waals surface area contributed by atoms with Gasteiger partial charge >= 0.3 is 173 Å². The quantitative estimate of drug-likeness (QED) is 0.0431. The van der Waals surface area contributed by atoms with E-state index in [1.807, 2.05) is 0 Å². The zero-order valence-corrected chi connectivity index (χ0v) is 19.1. The molecule has 0 unspecified atom stereocenters. The molecule has 2 radical (unpaired) electrons. The third-order valence-electron chi connectivity index (χ3n) is 4.20. The summed E-state index contributed by atoms with van der Waals surface area (Å²) in [7, 11) is 0. The van der Waals surface area contributed by atoms with Gasteiger partial charge in [0.2, 0.25) is 0 Å². The second-order valence-corrected chi connectivity index (χ2v) is 10.9. The standard InChI is InChI=1S/C12H25.C6HF4O3S.Sn/c1-3-5-7-9-11-12-10-8-6-4-2;7-2-1-3(14-13-12-11)5(9)6(10)4(2)8;/h1,3-12H2,2H3;11H;. The third kappa shape index (κ3) is 8.89. The molecule has 0 aliphatic carbocycles. The monoisotopic (exact) mass is 518 g/mol. The molecular formula is C18H26F4O3SSn. The van der Waals surface area contributed by atoms with Crippen LogP contribution in [0.15, 0.2) is 4.90 Å². The summed E-state index contributed by atoms with van der Waals surface area (Å²) < 4.78 is 59.4. The first-order chi connectivity index (χ1) is 13.0. The van der Waals surface area contributed by atoms with Crippen LogP contribution >= 0.6 is 12.0 Å². The van der Waals surface area contributed by atoms with Crippen LogP contribution < -0.4 is 3.58 Å². The Balaban J connectivity index is 2.39. The molecule has 3 nitrogen and oxygen atoms in total. The van der Waals surface area contributed by atoms with Crippen LogP contribution in [0, 0.1) is 23.3 Å². The van der Waals surface area contributed by atoms with Gasteiger partial charge in [0.05, 0.1) is 0 Å². The van der Waals surface area contributed by atoms with Crippen LogP contribution in [0.3, 0.4) is 0 Å². The summed E-state index contributed by atoms with van der Waals surface area (Å²) in [6, 6.07) is 0. The molecule has 0 heterocycles. The summed E-state index contributed by atoms with van der Waals surface area (Å²) in [4.78, 5) is -0.487. The average molecular weight is 517 g/mol. The van der Waals surface area contributed by atoms with E-state index in [9.17, 15) is 17.6 Å². The molecule has 0 aliphatic rings. The van der Waals surface area contributed by atoms with E-state index >= 15 is 0 Å². The van der Waals surface area contributed by atoms with E-state index in [1.54, 1.807) is 0 Å². The molecule has 1 aromatic carbocycles. The van der Waals surface area contributed by atoms with Gasteiger partial charge in [-0.05, 0) is 0 Å². The fourth-order valence-electron chi connectivity index (χ4n) is 2.72. The van der Waals surface area contributed by atoms with Gasteiger partial charge in [-0.15, -0.1) is 0 Å². The summed E-state index contributed by atoms with van der Waals surface area (Å²) in [6.07, 6.45) is 11.7. The Bertz CT molecular complexity index is 564. The summed E-state index contributed by atoms with van der Waals surface area (Å²) in [5.74, 6) is -6.58. The molecule has 1 rings (SSSR count). The van der Waals surface area contributed by atoms with Crippen molar-refractivity contribution in [3.05, 3.63) is 23.3 Å². The van der Waals surface area contributed by atoms with Crippen molar-refractivity contribution in [2.24, 2.45) is 0 Å². The van der Waals surface area contributed by atoms with E-state index in [0.717, 1.165) is 25.7 Å². The summed E-state index contributed by atoms with van der Waals surface area (Å²) >= 11 is -1.54. The normalized spacial score (nSPS) is 11.3. The molecule has 0 bridgehead atoms. The van der Waals surface area contributed by atoms with Crippen molar-refractivity contribution in [1.82, 2.24) is 0 Å². The van der Waals surface area contributed by atoms with Crippen molar-refractivity contribution in [3.8, 4) is 0 Å². The fourth-order valence-corrected chi connectivity index (χ4v) is 7.46. The predicted molar refractivity (Wildman–Crippen MR) is 99.0 cm³/mol. The van der Waals surface area contributed by atoms with Crippen LogP contribution in [-0.4, -0.2) is 26.4 Å². The number of unbranched alkanes of at least 4 members (excludes halogenated alkanes) is 9. The molecular weight excluding hydrogens is 491 g/mol. The van der Waals surface area contributed by atoms with E-state index in [0.29, 0.717) is 4.44 Å². The van der Waals surface area contributed by atoms with E-state index in [4.69, 9.17) is 5.26 Å². The molecule has 0 fully saturated rings. The number of benzene rings is 1. The van der Waals surface area contributed by atoms with Gasteiger partial charge in [-0.25, -0.2) is 0 Å². The predicted octanol–water partition coefficient (Wildman–Crippen LogP) is 6.34. The third-order valence-corrected chi connectivity index (χ3v) is 9.47. The van der Waals surface area contributed by atoms with Crippen molar-refractivity contribution in [2.45, 2.75) is 80.5 Å².